The second kappa shape index (κ2) is 10.9. The lowest BCUT2D eigenvalue weighted by molar-refractivity contribution is -0.137. The van der Waals surface area contributed by atoms with Crippen LogP contribution in [0.2, 0.25) is 5.02 Å². The fourth-order valence-corrected chi connectivity index (χ4v) is 3.38. The van der Waals surface area contributed by atoms with Crippen molar-refractivity contribution in [2.24, 2.45) is 0 Å². The van der Waals surface area contributed by atoms with Gasteiger partial charge in [0.1, 0.15) is 0 Å². The van der Waals surface area contributed by atoms with E-state index in [1.807, 2.05) is 19.1 Å². The molecule has 0 unspecified atom stereocenters. The van der Waals surface area contributed by atoms with Gasteiger partial charge in [0.2, 0.25) is 0 Å². The summed E-state index contributed by atoms with van der Waals surface area (Å²) in [5.41, 5.74) is 3.68. The Morgan fingerprint density at radius 2 is 1.52 bits per heavy atom. The smallest absolute Gasteiger partial charge is 0.303 e. The van der Waals surface area contributed by atoms with Gasteiger partial charge in [-0.15, -0.1) is 0 Å². The monoisotopic (exact) mass is 386 g/mol. The normalized spacial score (nSPS) is 10.7. The topological polar surface area (TPSA) is 54.4 Å². The van der Waals surface area contributed by atoms with Crippen LogP contribution >= 0.6 is 11.6 Å². The Bertz CT molecular complexity index is 766. The summed E-state index contributed by atoms with van der Waals surface area (Å²) in [6.07, 6.45) is 7.40. The highest BCUT2D eigenvalue weighted by molar-refractivity contribution is 6.30. The maximum Gasteiger partial charge on any atom is 0.303 e. The van der Waals surface area contributed by atoms with Crippen LogP contribution in [0.25, 0.3) is 0 Å². The molecule has 0 saturated carbocycles. The molecule has 0 radical (unpaired) electrons. The van der Waals surface area contributed by atoms with Gasteiger partial charge in [-0.1, -0.05) is 55.5 Å². The number of carboxylic acid groups (broad SMARTS) is 1. The molecule has 0 saturated heterocycles. The van der Waals surface area contributed by atoms with Crippen molar-refractivity contribution in [3.05, 3.63) is 69.7 Å². The molecule has 2 aromatic rings. The summed E-state index contributed by atoms with van der Waals surface area (Å²) >= 11 is 5.91. The molecule has 0 spiro atoms. The Kier molecular flexibility index (Phi) is 8.53. The molecule has 0 aliphatic carbocycles. The van der Waals surface area contributed by atoms with Crippen LogP contribution in [0.4, 0.5) is 0 Å². The fourth-order valence-electron chi connectivity index (χ4n) is 3.26. The number of hydrogen-bond acceptors (Lipinski definition) is 2. The molecule has 144 valence electrons. The second-order valence-electron chi connectivity index (χ2n) is 6.94. The third-order valence-corrected chi connectivity index (χ3v) is 5.14. The Hall–Kier alpha value is -2.13. The van der Waals surface area contributed by atoms with E-state index in [4.69, 9.17) is 16.7 Å². The van der Waals surface area contributed by atoms with Gasteiger partial charge in [-0.3, -0.25) is 9.59 Å². The largest absolute Gasteiger partial charge is 0.481 e. The molecule has 0 aromatic heterocycles. The number of carbonyl (C=O) groups is 2. The summed E-state index contributed by atoms with van der Waals surface area (Å²) in [7, 11) is 0. The maximum absolute atomic E-state index is 12.8. The first-order valence-electron chi connectivity index (χ1n) is 9.59. The van der Waals surface area contributed by atoms with Gasteiger partial charge < -0.3 is 5.11 Å². The summed E-state index contributed by atoms with van der Waals surface area (Å²) < 4.78 is 0. The number of hydrogen-bond donors (Lipinski definition) is 1. The van der Waals surface area contributed by atoms with Crippen molar-refractivity contribution in [2.75, 3.05) is 0 Å². The van der Waals surface area contributed by atoms with E-state index in [1.165, 1.54) is 5.56 Å². The highest BCUT2D eigenvalue weighted by Gasteiger charge is 2.13. The predicted octanol–water partition coefficient (Wildman–Crippen LogP) is 6.24. The zero-order valence-electron chi connectivity index (χ0n) is 15.8. The van der Waals surface area contributed by atoms with Crippen molar-refractivity contribution in [1.82, 2.24) is 0 Å². The zero-order chi connectivity index (χ0) is 19.6. The second-order valence-corrected chi connectivity index (χ2v) is 7.38. The van der Waals surface area contributed by atoms with Crippen molar-refractivity contribution in [1.29, 1.82) is 0 Å². The number of benzene rings is 2. The number of halogens is 1. The van der Waals surface area contributed by atoms with Crippen molar-refractivity contribution in [3.8, 4) is 0 Å². The highest BCUT2D eigenvalue weighted by atomic mass is 35.5. The third kappa shape index (κ3) is 6.84. The molecule has 0 aliphatic rings. The van der Waals surface area contributed by atoms with Crippen molar-refractivity contribution >= 4 is 23.4 Å². The quantitative estimate of drug-likeness (QED) is 0.367. The van der Waals surface area contributed by atoms with E-state index in [-0.39, 0.29) is 12.2 Å². The molecule has 0 amide bonds. The SMILES string of the molecule is Cc1c(CCCCCCCCC(=O)O)cccc1C(=O)c1ccc(Cl)cc1. The predicted molar refractivity (Wildman–Crippen MR) is 110 cm³/mol. The van der Waals surface area contributed by atoms with Gasteiger partial charge in [0.25, 0.3) is 0 Å². The van der Waals surface area contributed by atoms with E-state index < -0.39 is 5.97 Å². The minimum atomic E-state index is -0.710. The van der Waals surface area contributed by atoms with Gasteiger partial charge in [-0.05, 0) is 61.6 Å². The van der Waals surface area contributed by atoms with Gasteiger partial charge >= 0.3 is 5.97 Å². The van der Waals surface area contributed by atoms with E-state index >= 15 is 0 Å². The van der Waals surface area contributed by atoms with E-state index in [0.717, 1.165) is 56.1 Å². The molecule has 27 heavy (non-hydrogen) atoms. The van der Waals surface area contributed by atoms with Crippen LogP contribution in [0.15, 0.2) is 42.5 Å². The van der Waals surface area contributed by atoms with Crippen LogP contribution in [0.5, 0.6) is 0 Å². The summed E-state index contributed by atoms with van der Waals surface area (Å²) in [6, 6.07) is 13.0. The average molecular weight is 387 g/mol. The van der Waals surface area contributed by atoms with Crippen LogP contribution in [-0.4, -0.2) is 16.9 Å². The van der Waals surface area contributed by atoms with E-state index in [1.54, 1.807) is 24.3 Å². The summed E-state index contributed by atoms with van der Waals surface area (Å²) in [5, 5.41) is 9.25. The molecule has 4 heteroatoms. The third-order valence-electron chi connectivity index (χ3n) is 4.88. The number of carboxylic acids is 1. The molecule has 0 bridgehead atoms. The molecular weight excluding hydrogens is 360 g/mol. The number of ketones is 1. The fraction of sp³-hybridized carbons (Fsp3) is 0.391. The molecule has 0 aliphatic heterocycles. The number of rotatable bonds is 11. The minimum absolute atomic E-state index is 0.0319. The first kappa shape index (κ1) is 21.2. The zero-order valence-corrected chi connectivity index (χ0v) is 16.6. The van der Waals surface area contributed by atoms with Gasteiger partial charge in [0, 0.05) is 22.6 Å². The van der Waals surface area contributed by atoms with Gasteiger partial charge in [0.05, 0.1) is 0 Å². The Labute approximate surface area is 166 Å². The van der Waals surface area contributed by atoms with Crippen LogP contribution in [0, 0.1) is 6.92 Å². The number of carbonyl (C=O) groups excluding carboxylic acids is 1. The van der Waals surface area contributed by atoms with E-state index in [9.17, 15) is 9.59 Å². The van der Waals surface area contributed by atoms with Crippen molar-refractivity contribution in [3.63, 3.8) is 0 Å². The lowest BCUT2D eigenvalue weighted by Crippen LogP contribution is -2.05. The molecule has 0 fully saturated rings. The van der Waals surface area contributed by atoms with E-state index in [2.05, 4.69) is 6.07 Å². The molecule has 2 aromatic carbocycles. The first-order valence-corrected chi connectivity index (χ1v) is 9.97. The summed E-state index contributed by atoms with van der Waals surface area (Å²) in [6.45, 7) is 2.02. The van der Waals surface area contributed by atoms with Gasteiger partial charge in [0.15, 0.2) is 5.78 Å². The molecule has 0 atom stereocenters. The number of unbranched alkanes of at least 4 members (excludes halogenated alkanes) is 5. The summed E-state index contributed by atoms with van der Waals surface area (Å²) in [5.74, 6) is -0.678. The first-order chi connectivity index (χ1) is 13.0. The number of aliphatic carboxylic acids is 1. The molecular formula is C23H27ClO3. The van der Waals surface area contributed by atoms with Crippen LogP contribution < -0.4 is 0 Å². The molecule has 3 nitrogen and oxygen atoms in total. The van der Waals surface area contributed by atoms with E-state index in [0.29, 0.717) is 10.6 Å². The molecule has 0 heterocycles. The summed E-state index contributed by atoms with van der Waals surface area (Å²) in [4.78, 5) is 23.2. The lowest BCUT2D eigenvalue weighted by atomic mass is 9.93. The van der Waals surface area contributed by atoms with Crippen molar-refractivity contribution in [2.45, 2.75) is 58.3 Å². The Morgan fingerprint density at radius 3 is 2.19 bits per heavy atom. The van der Waals surface area contributed by atoms with Crippen LogP contribution in [0.3, 0.4) is 0 Å². The molecule has 2 rings (SSSR count). The van der Waals surface area contributed by atoms with Gasteiger partial charge in [-0.25, -0.2) is 0 Å². The Morgan fingerprint density at radius 1 is 0.889 bits per heavy atom. The highest BCUT2D eigenvalue weighted by Crippen LogP contribution is 2.21. The van der Waals surface area contributed by atoms with Crippen LogP contribution in [-0.2, 0) is 11.2 Å². The molecule has 1 N–H and O–H groups in total. The van der Waals surface area contributed by atoms with Crippen LogP contribution in [0.1, 0.15) is 72.0 Å². The van der Waals surface area contributed by atoms with Gasteiger partial charge in [-0.2, -0.15) is 0 Å². The average Bonchev–Trinajstić information content (AvgIpc) is 2.65. The Balaban J connectivity index is 1.84. The number of aryl methyl sites for hydroxylation is 1. The van der Waals surface area contributed by atoms with Crippen molar-refractivity contribution < 1.29 is 14.7 Å². The maximum atomic E-state index is 12.8. The standard InChI is InChI=1S/C23H27ClO3/c1-17-18(9-6-4-2-3-5-7-12-22(25)26)10-8-11-21(17)23(27)19-13-15-20(24)16-14-19/h8,10-11,13-16H,2-7,9,12H2,1H3,(H,25,26). The minimum Gasteiger partial charge on any atom is -0.481 e. The lowest BCUT2D eigenvalue weighted by Gasteiger charge is -2.11.